The Bertz CT molecular complexity index is 616. The fourth-order valence-corrected chi connectivity index (χ4v) is 5.43. The standard InChI is InChI=1S/C14H20ClNO3S2/c1-3-4-11-5-7-16(8-6-11)14(17)12-9-13(10(2)20-12)21(15,18)19/h9,11H,3-8H2,1-2H3. The van der Waals surface area contributed by atoms with E-state index >= 15 is 0 Å². The minimum Gasteiger partial charge on any atom is -0.338 e. The molecule has 0 radical (unpaired) electrons. The number of hydrogen-bond donors (Lipinski definition) is 0. The minimum atomic E-state index is -3.78. The number of carbonyl (C=O) groups is 1. The van der Waals surface area contributed by atoms with Gasteiger partial charge in [-0.25, -0.2) is 8.42 Å². The molecule has 0 atom stereocenters. The summed E-state index contributed by atoms with van der Waals surface area (Å²) in [6.45, 7) is 5.36. The molecule has 0 spiro atoms. The molecule has 1 saturated heterocycles. The van der Waals surface area contributed by atoms with Gasteiger partial charge in [0.05, 0.1) is 9.77 Å². The second-order valence-corrected chi connectivity index (χ2v) is 9.28. The second-order valence-electron chi connectivity index (χ2n) is 5.49. The fourth-order valence-electron chi connectivity index (χ4n) is 2.80. The molecule has 7 heteroatoms. The predicted molar refractivity (Wildman–Crippen MR) is 85.6 cm³/mol. The summed E-state index contributed by atoms with van der Waals surface area (Å²) in [6, 6.07) is 1.41. The van der Waals surface area contributed by atoms with Crippen LogP contribution in [0.4, 0.5) is 0 Å². The van der Waals surface area contributed by atoms with Gasteiger partial charge in [0.2, 0.25) is 0 Å². The van der Waals surface area contributed by atoms with Crippen molar-refractivity contribution in [2.75, 3.05) is 13.1 Å². The van der Waals surface area contributed by atoms with E-state index in [-0.39, 0.29) is 10.8 Å². The number of rotatable bonds is 4. The third-order valence-corrected chi connectivity index (χ3v) is 6.56. The summed E-state index contributed by atoms with van der Waals surface area (Å²) in [4.78, 5) is 15.4. The van der Waals surface area contributed by atoms with Crippen LogP contribution < -0.4 is 0 Å². The van der Waals surface area contributed by atoms with Gasteiger partial charge in [-0.05, 0) is 31.7 Å². The van der Waals surface area contributed by atoms with Gasteiger partial charge in [0.15, 0.2) is 0 Å². The van der Waals surface area contributed by atoms with Crippen LogP contribution >= 0.6 is 22.0 Å². The predicted octanol–water partition coefficient (Wildman–Crippen LogP) is 3.64. The number of thiophene rings is 1. The van der Waals surface area contributed by atoms with Gasteiger partial charge in [-0.3, -0.25) is 4.79 Å². The van der Waals surface area contributed by atoms with Crippen LogP contribution in [0.25, 0.3) is 0 Å². The van der Waals surface area contributed by atoms with Crippen molar-refractivity contribution in [2.45, 2.75) is 44.4 Å². The Morgan fingerprint density at radius 2 is 2.05 bits per heavy atom. The molecule has 1 aromatic heterocycles. The number of likely N-dealkylation sites (tertiary alicyclic amines) is 1. The average molecular weight is 350 g/mol. The molecule has 2 heterocycles. The van der Waals surface area contributed by atoms with Gasteiger partial charge in [-0.1, -0.05) is 19.8 Å². The minimum absolute atomic E-state index is 0.0541. The van der Waals surface area contributed by atoms with Crippen LogP contribution in [-0.4, -0.2) is 32.3 Å². The quantitative estimate of drug-likeness (QED) is 0.780. The molecule has 1 amide bonds. The molecular formula is C14H20ClNO3S2. The maximum atomic E-state index is 12.5. The molecule has 0 unspecified atom stereocenters. The molecule has 0 bridgehead atoms. The maximum Gasteiger partial charge on any atom is 0.263 e. The van der Waals surface area contributed by atoms with E-state index in [2.05, 4.69) is 6.92 Å². The molecule has 2 rings (SSSR count). The lowest BCUT2D eigenvalue weighted by Crippen LogP contribution is -2.38. The Kier molecular flexibility index (Phi) is 5.33. The van der Waals surface area contributed by atoms with Gasteiger partial charge in [0, 0.05) is 28.6 Å². The zero-order valence-corrected chi connectivity index (χ0v) is 14.7. The molecule has 0 aliphatic carbocycles. The van der Waals surface area contributed by atoms with Crippen LogP contribution in [0.2, 0.25) is 0 Å². The van der Waals surface area contributed by atoms with Crippen molar-refractivity contribution >= 4 is 37.0 Å². The highest BCUT2D eigenvalue weighted by molar-refractivity contribution is 8.13. The zero-order chi connectivity index (χ0) is 15.6. The largest absolute Gasteiger partial charge is 0.338 e. The van der Waals surface area contributed by atoms with Crippen LogP contribution in [0.3, 0.4) is 0 Å². The fraction of sp³-hybridized carbons (Fsp3) is 0.643. The Hall–Kier alpha value is -0.590. The number of nitrogens with zero attached hydrogens (tertiary/aromatic N) is 1. The highest BCUT2D eigenvalue weighted by Crippen LogP contribution is 2.30. The summed E-state index contributed by atoms with van der Waals surface area (Å²) in [7, 11) is 1.59. The smallest absolute Gasteiger partial charge is 0.263 e. The maximum absolute atomic E-state index is 12.5. The molecule has 118 valence electrons. The number of hydrogen-bond acceptors (Lipinski definition) is 4. The summed E-state index contributed by atoms with van der Waals surface area (Å²) in [5.41, 5.74) is 0. The summed E-state index contributed by atoms with van der Waals surface area (Å²) in [6.07, 6.45) is 4.46. The van der Waals surface area contributed by atoms with E-state index < -0.39 is 9.05 Å². The number of piperidine rings is 1. The van der Waals surface area contributed by atoms with Crippen molar-refractivity contribution < 1.29 is 13.2 Å². The normalized spacial score (nSPS) is 17.2. The monoisotopic (exact) mass is 349 g/mol. The summed E-state index contributed by atoms with van der Waals surface area (Å²) < 4.78 is 22.9. The number of aryl methyl sites for hydroxylation is 1. The Morgan fingerprint density at radius 3 is 2.52 bits per heavy atom. The lowest BCUT2D eigenvalue weighted by molar-refractivity contribution is 0.0691. The van der Waals surface area contributed by atoms with Gasteiger partial charge < -0.3 is 4.90 Å². The molecule has 0 saturated carbocycles. The van der Waals surface area contributed by atoms with E-state index in [0.717, 1.165) is 25.9 Å². The molecule has 1 aromatic rings. The van der Waals surface area contributed by atoms with E-state index in [1.54, 1.807) is 6.92 Å². The van der Waals surface area contributed by atoms with E-state index in [1.807, 2.05) is 4.90 Å². The first-order chi connectivity index (χ1) is 9.82. The van der Waals surface area contributed by atoms with Gasteiger partial charge in [0.1, 0.15) is 0 Å². The molecule has 0 N–H and O–H groups in total. The second kappa shape index (κ2) is 6.67. The first-order valence-electron chi connectivity index (χ1n) is 7.17. The van der Waals surface area contributed by atoms with Gasteiger partial charge in [-0.15, -0.1) is 11.3 Å². The van der Waals surface area contributed by atoms with Crippen LogP contribution in [0, 0.1) is 12.8 Å². The molecular weight excluding hydrogens is 330 g/mol. The summed E-state index contributed by atoms with van der Waals surface area (Å²) in [5.74, 6) is 0.632. The number of amides is 1. The van der Waals surface area contributed by atoms with Crippen molar-refractivity contribution in [3.63, 3.8) is 0 Å². The van der Waals surface area contributed by atoms with Gasteiger partial charge >= 0.3 is 0 Å². The Labute approximate surface area is 134 Å². The topological polar surface area (TPSA) is 54.5 Å². The average Bonchev–Trinajstić information content (AvgIpc) is 2.81. The first kappa shape index (κ1) is 16.8. The van der Waals surface area contributed by atoms with E-state index in [0.29, 0.717) is 15.7 Å². The van der Waals surface area contributed by atoms with Crippen LogP contribution in [0.5, 0.6) is 0 Å². The molecule has 1 aliphatic heterocycles. The van der Waals surface area contributed by atoms with Crippen molar-refractivity contribution in [1.82, 2.24) is 4.90 Å². The van der Waals surface area contributed by atoms with Crippen molar-refractivity contribution in [2.24, 2.45) is 5.92 Å². The molecule has 0 aromatic carbocycles. The Balaban J connectivity index is 2.08. The van der Waals surface area contributed by atoms with E-state index in [1.165, 1.54) is 30.2 Å². The molecule has 4 nitrogen and oxygen atoms in total. The van der Waals surface area contributed by atoms with Crippen molar-refractivity contribution in [3.8, 4) is 0 Å². The lowest BCUT2D eigenvalue weighted by Gasteiger charge is -2.31. The number of carbonyl (C=O) groups excluding carboxylic acids is 1. The highest BCUT2D eigenvalue weighted by Gasteiger charge is 2.26. The highest BCUT2D eigenvalue weighted by atomic mass is 35.7. The SMILES string of the molecule is CCCC1CCN(C(=O)c2cc(S(=O)(=O)Cl)c(C)s2)CC1. The first-order valence-corrected chi connectivity index (χ1v) is 10.3. The van der Waals surface area contributed by atoms with Gasteiger partial charge in [-0.2, -0.15) is 0 Å². The molecule has 21 heavy (non-hydrogen) atoms. The molecule has 1 fully saturated rings. The van der Waals surface area contributed by atoms with Crippen molar-refractivity contribution in [1.29, 1.82) is 0 Å². The van der Waals surface area contributed by atoms with Crippen LogP contribution in [0.15, 0.2) is 11.0 Å². The van der Waals surface area contributed by atoms with Crippen molar-refractivity contribution in [3.05, 3.63) is 15.8 Å². The van der Waals surface area contributed by atoms with E-state index in [4.69, 9.17) is 10.7 Å². The molecule has 1 aliphatic rings. The zero-order valence-electron chi connectivity index (χ0n) is 12.3. The van der Waals surface area contributed by atoms with Gasteiger partial charge in [0.25, 0.3) is 15.0 Å². The Morgan fingerprint density at radius 1 is 1.43 bits per heavy atom. The number of halogens is 1. The third kappa shape index (κ3) is 3.99. The summed E-state index contributed by atoms with van der Waals surface area (Å²) >= 11 is 1.20. The summed E-state index contributed by atoms with van der Waals surface area (Å²) in [5, 5.41) is 0. The van der Waals surface area contributed by atoms with E-state index in [9.17, 15) is 13.2 Å². The van der Waals surface area contributed by atoms with Crippen LogP contribution in [-0.2, 0) is 9.05 Å². The van der Waals surface area contributed by atoms with Crippen LogP contribution in [0.1, 0.15) is 47.2 Å². The third-order valence-electron chi connectivity index (χ3n) is 3.94. The lowest BCUT2D eigenvalue weighted by atomic mass is 9.92.